The van der Waals surface area contributed by atoms with E-state index >= 15 is 0 Å². The molecule has 1 heterocycles. The summed E-state index contributed by atoms with van der Waals surface area (Å²) in [7, 11) is 0. The summed E-state index contributed by atoms with van der Waals surface area (Å²) < 4.78 is 0. The third-order valence-electron chi connectivity index (χ3n) is 3.45. The first-order valence-corrected chi connectivity index (χ1v) is 6.42. The van der Waals surface area contributed by atoms with Crippen molar-refractivity contribution in [3.8, 4) is 6.07 Å². The maximum Gasteiger partial charge on any atom is 0.233 e. The summed E-state index contributed by atoms with van der Waals surface area (Å²) in [6.45, 7) is 0.583. The number of anilines is 2. The van der Waals surface area contributed by atoms with Crippen molar-refractivity contribution in [1.29, 1.82) is 5.26 Å². The van der Waals surface area contributed by atoms with Crippen molar-refractivity contribution in [1.82, 2.24) is 0 Å². The Labute approximate surface area is 117 Å². The van der Waals surface area contributed by atoms with Gasteiger partial charge in [-0.05, 0) is 23.8 Å². The monoisotopic (exact) mass is 263 g/mol. The minimum atomic E-state index is -0.224. The van der Waals surface area contributed by atoms with Crippen LogP contribution in [0.1, 0.15) is 17.0 Å². The van der Waals surface area contributed by atoms with E-state index in [1.807, 2.05) is 24.3 Å². The van der Waals surface area contributed by atoms with E-state index in [1.54, 1.807) is 24.3 Å². The topological polar surface area (TPSA) is 64.9 Å². The number of nitrogens with one attached hydrogen (secondary N) is 2. The van der Waals surface area contributed by atoms with E-state index in [1.165, 1.54) is 0 Å². The fourth-order valence-electron chi connectivity index (χ4n) is 2.43. The van der Waals surface area contributed by atoms with Crippen LogP contribution in [0.3, 0.4) is 0 Å². The zero-order valence-corrected chi connectivity index (χ0v) is 10.8. The van der Waals surface area contributed by atoms with E-state index in [0.717, 1.165) is 11.3 Å². The molecule has 1 unspecified atom stereocenters. The molecule has 1 aliphatic rings. The van der Waals surface area contributed by atoms with E-state index in [0.29, 0.717) is 17.8 Å². The maximum atomic E-state index is 12.4. The molecule has 2 N–H and O–H groups in total. The molecule has 20 heavy (non-hydrogen) atoms. The predicted molar refractivity (Wildman–Crippen MR) is 77.5 cm³/mol. The SMILES string of the molecule is N#Cc1ccccc1NC(=O)C1CNc2ccccc21. The van der Waals surface area contributed by atoms with E-state index in [9.17, 15) is 4.79 Å². The van der Waals surface area contributed by atoms with Gasteiger partial charge in [-0.2, -0.15) is 5.26 Å². The second-order valence-electron chi connectivity index (χ2n) is 4.67. The number of carbonyl (C=O) groups is 1. The molecule has 0 saturated carbocycles. The van der Waals surface area contributed by atoms with Gasteiger partial charge in [0, 0.05) is 12.2 Å². The Morgan fingerprint density at radius 1 is 1.20 bits per heavy atom. The van der Waals surface area contributed by atoms with Crippen LogP contribution in [0.5, 0.6) is 0 Å². The first-order chi connectivity index (χ1) is 9.79. The van der Waals surface area contributed by atoms with Gasteiger partial charge in [-0.15, -0.1) is 0 Å². The van der Waals surface area contributed by atoms with Gasteiger partial charge < -0.3 is 10.6 Å². The Balaban J connectivity index is 1.83. The molecule has 1 aliphatic heterocycles. The number of amides is 1. The van der Waals surface area contributed by atoms with E-state index in [-0.39, 0.29) is 11.8 Å². The molecule has 98 valence electrons. The summed E-state index contributed by atoms with van der Waals surface area (Å²) in [5, 5.41) is 15.1. The van der Waals surface area contributed by atoms with Crippen LogP contribution in [0.25, 0.3) is 0 Å². The van der Waals surface area contributed by atoms with Crippen LogP contribution in [-0.4, -0.2) is 12.5 Å². The Morgan fingerprint density at radius 3 is 2.80 bits per heavy atom. The maximum absolute atomic E-state index is 12.4. The molecule has 2 aromatic rings. The molecule has 0 aromatic heterocycles. The Hall–Kier alpha value is -2.80. The molecule has 0 spiro atoms. The fraction of sp³-hybridized carbons (Fsp3) is 0.125. The summed E-state index contributed by atoms with van der Waals surface area (Å²) in [6.07, 6.45) is 0. The summed E-state index contributed by atoms with van der Waals surface area (Å²) >= 11 is 0. The number of hydrogen-bond acceptors (Lipinski definition) is 3. The lowest BCUT2D eigenvalue weighted by Crippen LogP contribution is -2.22. The van der Waals surface area contributed by atoms with Crippen molar-refractivity contribution in [3.63, 3.8) is 0 Å². The third-order valence-corrected chi connectivity index (χ3v) is 3.45. The van der Waals surface area contributed by atoms with Gasteiger partial charge in [0.25, 0.3) is 0 Å². The molecule has 0 aliphatic carbocycles. The molecule has 1 atom stereocenters. The molecule has 0 bridgehead atoms. The van der Waals surface area contributed by atoms with E-state index in [4.69, 9.17) is 5.26 Å². The first-order valence-electron chi connectivity index (χ1n) is 6.42. The number of nitriles is 1. The highest BCUT2D eigenvalue weighted by Crippen LogP contribution is 2.32. The lowest BCUT2D eigenvalue weighted by Gasteiger charge is -2.12. The first kappa shape index (κ1) is 12.2. The zero-order valence-electron chi connectivity index (χ0n) is 10.8. The molecule has 3 rings (SSSR count). The lowest BCUT2D eigenvalue weighted by molar-refractivity contribution is -0.117. The molecule has 4 nitrogen and oxygen atoms in total. The minimum absolute atomic E-state index is 0.0925. The number of benzene rings is 2. The number of rotatable bonds is 2. The van der Waals surface area contributed by atoms with Gasteiger partial charge in [0.05, 0.1) is 17.2 Å². The molecular weight excluding hydrogens is 250 g/mol. The molecule has 0 radical (unpaired) electrons. The standard InChI is InChI=1S/C16H13N3O/c17-9-11-5-1-3-7-14(11)19-16(20)13-10-18-15-8-4-2-6-12(13)15/h1-8,13,18H,10H2,(H,19,20). The Bertz CT molecular complexity index is 703. The molecule has 0 saturated heterocycles. The second-order valence-corrected chi connectivity index (χ2v) is 4.67. The molecule has 1 amide bonds. The van der Waals surface area contributed by atoms with Crippen molar-refractivity contribution in [2.24, 2.45) is 0 Å². The van der Waals surface area contributed by atoms with Gasteiger partial charge in [-0.3, -0.25) is 4.79 Å². The quantitative estimate of drug-likeness (QED) is 0.875. The van der Waals surface area contributed by atoms with Gasteiger partial charge in [-0.25, -0.2) is 0 Å². The molecule has 2 aromatic carbocycles. The normalized spacial score (nSPS) is 15.8. The minimum Gasteiger partial charge on any atom is -0.384 e. The van der Waals surface area contributed by atoms with Gasteiger partial charge in [0.1, 0.15) is 6.07 Å². The predicted octanol–water partition coefficient (Wildman–Crippen LogP) is 2.71. The van der Waals surface area contributed by atoms with Crippen LogP contribution in [0.15, 0.2) is 48.5 Å². The van der Waals surface area contributed by atoms with Crippen LogP contribution in [0, 0.1) is 11.3 Å². The Morgan fingerprint density at radius 2 is 1.95 bits per heavy atom. The van der Waals surface area contributed by atoms with E-state index < -0.39 is 0 Å². The van der Waals surface area contributed by atoms with Crippen LogP contribution >= 0.6 is 0 Å². The summed E-state index contributed by atoms with van der Waals surface area (Å²) in [5.41, 5.74) is 3.03. The molecular formula is C16H13N3O. The smallest absolute Gasteiger partial charge is 0.233 e. The number of nitrogens with zero attached hydrogens (tertiary/aromatic N) is 1. The number of para-hydroxylation sites is 2. The average molecular weight is 263 g/mol. The fourth-order valence-corrected chi connectivity index (χ4v) is 2.43. The van der Waals surface area contributed by atoms with Gasteiger partial charge in [-0.1, -0.05) is 30.3 Å². The summed E-state index contributed by atoms with van der Waals surface area (Å²) in [5.74, 6) is -0.317. The highest BCUT2D eigenvalue weighted by molar-refractivity contribution is 5.99. The molecule has 0 fully saturated rings. The van der Waals surface area contributed by atoms with Crippen molar-refractivity contribution in [3.05, 3.63) is 59.7 Å². The lowest BCUT2D eigenvalue weighted by atomic mass is 10.0. The summed E-state index contributed by atoms with van der Waals surface area (Å²) in [4.78, 5) is 12.4. The van der Waals surface area contributed by atoms with Gasteiger partial charge >= 0.3 is 0 Å². The third kappa shape index (κ3) is 2.10. The van der Waals surface area contributed by atoms with Crippen molar-refractivity contribution in [2.45, 2.75) is 5.92 Å². The van der Waals surface area contributed by atoms with Gasteiger partial charge in [0.15, 0.2) is 0 Å². The van der Waals surface area contributed by atoms with Gasteiger partial charge in [0.2, 0.25) is 5.91 Å². The second kappa shape index (κ2) is 5.06. The van der Waals surface area contributed by atoms with E-state index in [2.05, 4.69) is 16.7 Å². The van der Waals surface area contributed by atoms with Crippen molar-refractivity contribution in [2.75, 3.05) is 17.2 Å². The van der Waals surface area contributed by atoms with Crippen LogP contribution in [0.2, 0.25) is 0 Å². The average Bonchev–Trinajstić information content (AvgIpc) is 2.92. The molecule has 4 heteroatoms. The van der Waals surface area contributed by atoms with Crippen LogP contribution < -0.4 is 10.6 Å². The zero-order chi connectivity index (χ0) is 13.9. The highest BCUT2D eigenvalue weighted by Gasteiger charge is 2.28. The number of hydrogen-bond donors (Lipinski definition) is 2. The Kier molecular flexibility index (Phi) is 3.10. The largest absolute Gasteiger partial charge is 0.384 e. The summed E-state index contributed by atoms with van der Waals surface area (Å²) in [6, 6.07) is 16.9. The van der Waals surface area contributed by atoms with Crippen molar-refractivity contribution >= 4 is 17.3 Å². The number of carbonyl (C=O) groups excluding carboxylic acids is 1. The number of fused-ring (bicyclic) bond motifs is 1. The highest BCUT2D eigenvalue weighted by atomic mass is 16.1. The van der Waals surface area contributed by atoms with Crippen LogP contribution in [0.4, 0.5) is 11.4 Å². The van der Waals surface area contributed by atoms with Crippen LogP contribution in [-0.2, 0) is 4.79 Å². The van der Waals surface area contributed by atoms with Crippen molar-refractivity contribution < 1.29 is 4.79 Å².